The van der Waals surface area contributed by atoms with E-state index < -0.39 is 0 Å². The van der Waals surface area contributed by atoms with Crippen LogP contribution in [0, 0.1) is 0 Å². The zero-order valence-corrected chi connectivity index (χ0v) is 15.9. The van der Waals surface area contributed by atoms with Crippen molar-refractivity contribution in [2.75, 3.05) is 25.3 Å². The van der Waals surface area contributed by atoms with Crippen molar-refractivity contribution in [2.45, 2.75) is 11.7 Å². The third kappa shape index (κ3) is 3.38. The molecule has 1 N–H and O–H groups in total. The molecule has 0 fully saturated rings. The number of amides is 1. The van der Waals surface area contributed by atoms with Gasteiger partial charge in [0, 0.05) is 29.7 Å². The van der Waals surface area contributed by atoms with Gasteiger partial charge in [0.05, 0.1) is 19.9 Å². The summed E-state index contributed by atoms with van der Waals surface area (Å²) in [5.74, 6) is 1.71. The average Bonchev–Trinajstić information content (AvgIpc) is 3.29. The van der Waals surface area contributed by atoms with Gasteiger partial charge in [0.1, 0.15) is 17.1 Å². The molecule has 2 heterocycles. The Labute approximate surface area is 161 Å². The van der Waals surface area contributed by atoms with E-state index in [9.17, 15) is 4.79 Å². The van der Waals surface area contributed by atoms with Crippen LogP contribution in [0.1, 0.15) is 10.4 Å². The fourth-order valence-corrected chi connectivity index (χ4v) is 4.02. The third-order valence-electron chi connectivity index (χ3n) is 4.37. The number of methoxy groups -OCH3 is 2. The average molecular weight is 381 g/mol. The summed E-state index contributed by atoms with van der Waals surface area (Å²) in [5.41, 5.74) is 2.92. The highest BCUT2D eigenvalue weighted by molar-refractivity contribution is 7.99. The van der Waals surface area contributed by atoms with Crippen LogP contribution in [0.4, 0.5) is 5.69 Å². The smallest absolute Gasteiger partial charge is 0.263 e. The summed E-state index contributed by atoms with van der Waals surface area (Å²) in [4.78, 5) is 17.5. The molecule has 2 aromatic carbocycles. The Balaban J connectivity index is 1.61. The van der Waals surface area contributed by atoms with Crippen LogP contribution in [-0.4, -0.2) is 35.4 Å². The first-order valence-corrected chi connectivity index (χ1v) is 9.51. The summed E-state index contributed by atoms with van der Waals surface area (Å²) >= 11 is 1.76. The maximum Gasteiger partial charge on any atom is 0.263 e. The van der Waals surface area contributed by atoms with Crippen LogP contribution in [0.5, 0.6) is 11.5 Å². The zero-order valence-electron chi connectivity index (χ0n) is 15.1. The van der Waals surface area contributed by atoms with E-state index >= 15 is 0 Å². The summed E-state index contributed by atoms with van der Waals surface area (Å²) in [6, 6.07) is 12.9. The van der Waals surface area contributed by atoms with Crippen LogP contribution >= 0.6 is 11.8 Å². The van der Waals surface area contributed by atoms with Crippen molar-refractivity contribution in [3.05, 3.63) is 54.2 Å². The molecule has 138 valence electrons. The summed E-state index contributed by atoms with van der Waals surface area (Å²) < 4.78 is 12.8. The monoisotopic (exact) mass is 381 g/mol. The molecule has 1 amide bonds. The van der Waals surface area contributed by atoms with Gasteiger partial charge in [-0.1, -0.05) is 30.0 Å². The number of nitrogens with one attached hydrogen (secondary N) is 1. The van der Waals surface area contributed by atoms with E-state index in [4.69, 9.17) is 9.47 Å². The lowest BCUT2D eigenvalue weighted by molar-refractivity contribution is 0.102. The number of aryl methyl sites for hydroxylation is 1. The number of nitrogens with zero attached hydrogens (tertiary/aromatic N) is 2. The number of imidazole rings is 1. The molecule has 7 heteroatoms. The zero-order chi connectivity index (χ0) is 18.8. The number of hydrogen-bond acceptors (Lipinski definition) is 5. The first-order valence-electron chi connectivity index (χ1n) is 8.52. The van der Waals surface area contributed by atoms with Crippen LogP contribution in [0.15, 0.2) is 53.8 Å². The minimum absolute atomic E-state index is 0.288. The number of anilines is 1. The Hall–Kier alpha value is -2.93. The second-order valence-electron chi connectivity index (χ2n) is 6.02. The Morgan fingerprint density at radius 3 is 2.59 bits per heavy atom. The van der Waals surface area contributed by atoms with Crippen molar-refractivity contribution in [2.24, 2.45) is 0 Å². The molecule has 0 aliphatic carbocycles. The van der Waals surface area contributed by atoms with Gasteiger partial charge in [-0.05, 0) is 24.3 Å². The minimum atomic E-state index is -0.288. The van der Waals surface area contributed by atoms with Crippen molar-refractivity contribution in [1.82, 2.24) is 9.55 Å². The first-order chi connectivity index (χ1) is 13.2. The number of thioether (sulfide) groups is 1. The van der Waals surface area contributed by atoms with Crippen molar-refractivity contribution < 1.29 is 14.3 Å². The van der Waals surface area contributed by atoms with Gasteiger partial charge in [0.2, 0.25) is 0 Å². The van der Waals surface area contributed by atoms with E-state index in [-0.39, 0.29) is 5.91 Å². The van der Waals surface area contributed by atoms with E-state index in [0.717, 1.165) is 28.7 Å². The molecule has 1 aromatic heterocycles. The van der Waals surface area contributed by atoms with Gasteiger partial charge in [-0.25, -0.2) is 4.98 Å². The lowest BCUT2D eigenvalue weighted by atomic mass is 10.1. The second kappa shape index (κ2) is 7.36. The molecule has 0 saturated heterocycles. The van der Waals surface area contributed by atoms with Crippen LogP contribution in [0.3, 0.4) is 0 Å². The van der Waals surface area contributed by atoms with Gasteiger partial charge in [-0.15, -0.1) is 0 Å². The highest BCUT2D eigenvalue weighted by Crippen LogP contribution is 2.31. The van der Waals surface area contributed by atoms with Gasteiger partial charge in [0.15, 0.2) is 5.16 Å². The fourth-order valence-electron chi connectivity index (χ4n) is 3.07. The predicted molar refractivity (Wildman–Crippen MR) is 106 cm³/mol. The topological polar surface area (TPSA) is 65.4 Å². The number of ether oxygens (including phenoxy) is 2. The largest absolute Gasteiger partial charge is 0.496 e. The van der Waals surface area contributed by atoms with E-state index in [1.807, 2.05) is 24.3 Å². The summed E-state index contributed by atoms with van der Waals surface area (Å²) in [7, 11) is 3.06. The quantitative estimate of drug-likeness (QED) is 0.726. The van der Waals surface area contributed by atoms with E-state index in [2.05, 4.69) is 21.1 Å². The molecule has 0 saturated carbocycles. The maximum atomic E-state index is 12.8. The molecule has 4 rings (SSSR count). The van der Waals surface area contributed by atoms with Crippen molar-refractivity contribution in [1.29, 1.82) is 0 Å². The number of fused-ring (bicyclic) bond motifs is 1. The van der Waals surface area contributed by atoms with Crippen molar-refractivity contribution in [3.63, 3.8) is 0 Å². The molecule has 0 atom stereocenters. The third-order valence-corrected chi connectivity index (χ3v) is 5.35. The van der Waals surface area contributed by atoms with Crippen molar-refractivity contribution >= 4 is 23.4 Å². The highest BCUT2D eigenvalue weighted by Gasteiger charge is 2.19. The second-order valence-corrected chi connectivity index (χ2v) is 7.09. The Bertz CT molecular complexity index is 956. The lowest BCUT2D eigenvalue weighted by Crippen LogP contribution is -2.14. The summed E-state index contributed by atoms with van der Waals surface area (Å²) in [6.45, 7) is 0.983. The van der Waals surface area contributed by atoms with Crippen LogP contribution < -0.4 is 14.8 Å². The van der Waals surface area contributed by atoms with E-state index in [1.165, 1.54) is 14.2 Å². The first kappa shape index (κ1) is 17.5. The van der Waals surface area contributed by atoms with Gasteiger partial charge < -0.3 is 19.4 Å². The normalized spacial score (nSPS) is 12.5. The maximum absolute atomic E-state index is 12.8. The van der Waals surface area contributed by atoms with Gasteiger partial charge in [-0.2, -0.15) is 0 Å². The molecule has 3 aromatic rings. The number of hydrogen-bond donors (Lipinski definition) is 1. The lowest BCUT2D eigenvalue weighted by Gasteiger charge is -2.13. The SMILES string of the molecule is COc1cccc(OC)c1C(=O)Nc1cccc(-c2cn3c(n2)SCC3)c1. The molecular formula is C20H19N3O3S. The molecule has 0 radical (unpaired) electrons. The molecule has 6 nitrogen and oxygen atoms in total. The van der Waals surface area contributed by atoms with E-state index in [1.54, 1.807) is 30.0 Å². The number of rotatable bonds is 5. The molecule has 27 heavy (non-hydrogen) atoms. The standard InChI is InChI=1S/C20H19N3O3S/c1-25-16-7-4-8-17(26-2)18(16)19(24)21-14-6-3-5-13(11-14)15-12-23-9-10-27-20(23)22-15/h3-8,11-12H,9-10H2,1-2H3,(H,21,24). The summed E-state index contributed by atoms with van der Waals surface area (Å²) in [6.07, 6.45) is 2.06. The molecule has 0 spiro atoms. The van der Waals surface area contributed by atoms with Gasteiger partial charge in [-0.3, -0.25) is 4.79 Å². The number of aromatic nitrogens is 2. The van der Waals surface area contributed by atoms with E-state index in [0.29, 0.717) is 22.7 Å². The molecule has 0 unspecified atom stereocenters. The molecule has 0 bridgehead atoms. The summed E-state index contributed by atoms with van der Waals surface area (Å²) in [5, 5.41) is 3.97. The molecule has 1 aliphatic heterocycles. The molecule has 1 aliphatic rings. The van der Waals surface area contributed by atoms with Crippen LogP contribution in [0.2, 0.25) is 0 Å². The highest BCUT2D eigenvalue weighted by atomic mass is 32.2. The number of benzene rings is 2. The number of carbonyl (C=O) groups excluding carboxylic acids is 1. The van der Waals surface area contributed by atoms with Gasteiger partial charge in [0.25, 0.3) is 5.91 Å². The van der Waals surface area contributed by atoms with Crippen LogP contribution in [0.25, 0.3) is 11.3 Å². The van der Waals surface area contributed by atoms with Crippen LogP contribution in [-0.2, 0) is 6.54 Å². The van der Waals surface area contributed by atoms with Crippen molar-refractivity contribution in [3.8, 4) is 22.8 Å². The van der Waals surface area contributed by atoms with Gasteiger partial charge >= 0.3 is 0 Å². The minimum Gasteiger partial charge on any atom is -0.496 e. The fraction of sp³-hybridized carbons (Fsp3) is 0.200. The number of carbonyl (C=O) groups is 1. The predicted octanol–water partition coefficient (Wildman–Crippen LogP) is 3.93. The molecular weight excluding hydrogens is 362 g/mol. The Morgan fingerprint density at radius 2 is 1.89 bits per heavy atom. The Morgan fingerprint density at radius 1 is 1.15 bits per heavy atom. The Kier molecular flexibility index (Phi) is 4.77.